The topological polar surface area (TPSA) is 84.6 Å². The molecule has 2 rings (SSSR count). The van der Waals surface area contributed by atoms with Crippen LogP contribution in [-0.4, -0.2) is 22.3 Å². The average Bonchev–Trinajstić information content (AvgIpc) is 2.56. The highest BCUT2D eigenvalue weighted by molar-refractivity contribution is 8.00. The second-order valence-corrected chi connectivity index (χ2v) is 6.04. The van der Waals surface area contributed by atoms with E-state index in [4.69, 9.17) is 0 Å². The predicted molar refractivity (Wildman–Crippen MR) is 90.6 cm³/mol. The van der Waals surface area contributed by atoms with Crippen LogP contribution in [0.2, 0.25) is 0 Å². The van der Waals surface area contributed by atoms with Crippen molar-refractivity contribution in [2.45, 2.75) is 17.1 Å². The van der Waals surface area contributed by atoms with Gasteiger partial charge in [-0.1, -0.05) is 30.3 Å². The number of carbonyl (C=O) groups is 1. The zero-order valence-electron chi connectivity index (χ0n) is 12.4. The van der Waals surface area contributed by atoms with E-state index >= 15 is 0 Å². The number of para-hydroxylation sites is 1. The van der Waals surface area contributed by atoms with Crippen molar-refractivity contribution in [2.75, 3.05) is 0 Å². The maximum atomic E-state index is 12.0. The summed E-state index contributed by atoms with van der Waals surface area (Å²) in [6, 6.07) is 15.8. The Morgan fingerprint density at radius 3 is 2.57 bits per heavy atom. The number of carbonyl (C=O) groups excluding carboxylic acids is 1. The molecule has 2 aromatic rings. The molecular formula is C16H15N3O3S. The fourth-order valence-electron chi connectivity index (χ4n) is 1.78. The van der Waals surface area contributed by atoms with E-state index in [2.05, 4.69) is 10.5 Å². The van der Waals surface area contributed by atoms with Gasteiger partial charge in [-0.3, -0.25) is 14.9 Å². The predicted octanol–water partition coefficient (Wildman–Crippen LogP) is 3.23. The van der Waals surface area contributed by atoms with Crippen LogP contribution in [0, 0.1) is 10.1 Å². The first-order valence-corrected chi connectivity index (χ1v) is 7.74. The molecule has 2 aromatic carbocycles. The monoisotopic (exact) mass is 329 g/mol. The molecule has 0 radical (unpaired) electrons. The van der Waals surface area contributed by atoms with Gasteiger partial charge < -0.3 is 0 Å². The molecule has 6 nitrogen and oxygen atoms in total. The number of nitro groups is 1. The normalized spacial score (nSPS) is 12.0. The molecule has 0 aliphatic carbocycles. The quantitative estimate of drug-likeness (QED) is 0.382. The van der Waals surface area contributed by atoms with E-state index in [1.54, 1.807) is 25.1 Å². The van der Waals surface area contributed by atoms with E-state index < -0.39 is 4.92 Å². The van der Waals surface area contributed by atoms with Gasteiger partial charge in [0.25, 0.3) is 11.6 Å². The van der Waals surface area contributed by atoms with Crippen LogP contribution in [0.4, 0.5) is 5.69 Å². The summed E-state index contributed by atoms with van der Waals surface area (Å²) >= 11 is 1.41. The molecular weight excluding hydrogens is 314 g/mol. The van der Waals surface area contributed by atoms with Crippen LogP contribution in [-0.2, 0) is 4.79 Å². The van der Waals surface area contributed by atoms with Gasteiger partial charge >= 0.3 is 0 Å². The summed E-state index contributed by atoms with van der Waals surface area (Å²) < 4.78 is 0. The van der Waals surface area contributed by atoms with Gasteiger partial charge in [0.15, 0.2) is 0 Å². The lowest BCUT2D eigenvalue weighted by Crippen LogP contribution is -2.26. The molecule has 0 bridgehead atoms. The number of amides is 1. The number of nitro benzene ring substituents is 1. The number of thioether (sulfide) groups is 1. The third kappa shape index (κ3) is 4.93. The standard InChI is InChI=1S/C16H15N3O3S/c1-12(23-14-8-3-2-4-9-14)16(20)18-17-11-13-7-5-6-10-15(13)19(21)22/h2-12H,1H3,(H,18,20)/b17-11-/t12-/m0/s1. The molecule has 0 saturated carbocycles. The Morgan fingerprint density at radius 1 is 1.22 bits per heavy atom. The van der Waals surface area contributed by atoms with E-state index in [1.807, 2.05) is 30.3 Å². The van der Waals surface area contributed by atoms with Gasteiger partial charge in [-0.15, -0.1) is 11.8 Å². The Bertz CT molecular complexity index is 720. The molecule has 23 heavy (non-hydrogen) atoms. The maximum absolute atomic E-state index is 12.0. The van der Waals surface area contributed by atoms with Gasteiger partial charge in [-0.05, 0) is 25.1 Å². The smallest absolute Gasteiger partial charge is 0.272 e. The molecule has 0 aliphatic heterocycles. The summed E-state index contributed by atoms with van der Waals surface area (Å²) in [5.41, 5.74) is 2.68. The first-order chi connectivity index (χ1) is 11.1. The zero-order valence-corrected chi connectivity index (χ0v) is 13.2. The molecule has 0 saturated heterocycles. The van der Waals surface area contributed by atoms with Crippen molar-refractivity contribution in [2.24, 2.45) is 5.10 Å². The van der Waals surface area contributed by atoms with Gasteiger partial charge in [0.05, 0.1) is 22.0 Å². The summed E-state index contributed by atoms with van der Waals surface area (Å²) in [5.74, 6) is -0.270. The summed E-state index contributed by atoms with van der Waals surface area (Å²) in [7, 11) is 0. The molecule has 118 valence electrons. The van der Waals surface area contributed by atoms with Crippen molar-refractivity contribution < 1.29 is 9.72 Å². The number of nitrogens with zero attached hydrogens (tertiary/aromatic N) is 2. The van der Waals surface area contributed by atoms with Crippen LogP contribution in [0.25, 0.3) is 0 Å². The van der Waals surface area contributed by atoms with Crippen molar-refractivity contribution in [3.8, 4) is 0 Å². The van der Waals surface area contributed by atoms with Crippen molar-refractivity contribution in [1.82, 2.24) is 5.43 Å². The van der Waals surface area contributed by atoms with Crippen molar-refractivity contribution in [3.63, 3.8) is 0 Å². The van der Waals surface area contributed by atoms with E-state index in [1.165, 1.54) is 24.0 Å². The SMILES string of the molecule is C[C@H](Sc1ccccc1)C(=O)N/N=C\c1ccccc1[N+](=O)[O-]. The third-order valence-corrected chi connectivity index (χ3v) is 4.05. The molecule has 1 atom stereocenters. The van der Waals surface area contributed by atoms with Crippen LogP contribution < -0.4 is 5.43 Å². The first-order valence-electron chi connectivity index (χ1n) is 6.86. The highest BCUT2D eigenvalue weighted by atomic mass is 32.2. The molecule has 1 N–H and O–H groups in total. The van der Waals surface area contributed by atoms with Crippen molar-refractivity contribution in [1.29, 1.82) is 0 Å². The Labute approximate surface area is 137 Å². The molecule has 0 spiro atoms. The van der Waals surface area contributed by atoms with Gasteiger partial charge in [-0.2, -0.15) is 5.10 Å². The van der Waals surface area contributed by atoms with Gasteiger partial charge in [0, 0.05) is 11.0 Å². The average molecular weight is 329 g/mol. The van der Waals surface area contributed by atoms with Crippen molar-refractivity contribution >= 4 is 29.6 Å². The highest BCUT2D eigenvalue weighted by Gasteiger charge is 2.14. The number of benzene rings is 2. The first kappa shape index (κ1) is 16.7. The summed E-state index contributed by atoms with van der Waals surface area (Å²) in [4.78, 5) is 23.4. The summed E-state index contributed by atoms with van der Waals surface area (Å²) in [6.45, 7) is 1.77. The summed E-state index contributed by atoms with van der Waals surface area (Å²) in [6.07, 6.45) is 1.27. The number of rotatable bonds is 6. The minimum Gasteiger partial charge on any atom is -0.272 e. The Balaban J connectivity index is 1.95. The third-order valence-electron chi connectivity index (χ3n) is 2.94. The second kappa shape index (κ2) is 8.09. The van der Waals surface area contributed by atoms with Gasteiger partial charge in [0.2, 0.25) is 0 Å². The van der Waals surface area contributed by atoms with Crippen LogP contribution in [0.15, 0.2) is 64.6 Å². The zero-order chi connectivity index (χ0) is 16.7. The van der Waals surface area contributed by atoms with Crippen LogP contribution in [0.3, 0.4) is 0 Å². The van der Waals surface area contributed by atoms with E-state index in [-0.39, 0.29) is 16.8 Å². The fourth-order valence-corrected chi connectivity index (χ4v) is 2.66. The molecule has 1 amide bonds. The summed E-state index contributed by atoms with van der Waals surface area (Å²) in [5, 5.41) is 14.4. The van der Waals surface area contributed by atoms with E-state index in [0.717, 1.165) is 4.90 Å². The fraction of sp³-hybridized carbons (Fsp3) is 0.125. The second-order valence-electron chi connectivity index (χ2n) is 4.62. The lowest BCUT2D eigenvalue weighted by molar-refractivity contribution is -0.385. The van der Waals surface area contributed by atoms with Crippen molar-refractivity contribution in [3.05, 3.63) is 70.3 Å². The number of nitrogens with one attached hydrogen (secondary N) is 1. The van der Waals surface area contributed by atoms with Crippen LogP contribution in [0.1, 0.15) is 12.5 Å². The number of hydrogen-bond acceptors (Lipinski definition) is 5. The largest absolute Gasteiger partial charge is 0.278 e. The van der Waals surface area contributed by atoms with Gasteiger partial charge in [0.1, 0.15) is 0 Å². The maximum Gasteiger partial charge on any atom is 0.278 e. The highest BCUT2D eigenvalue weighted by Crippen LogP contribution is 2.22. The van der Waals surface area contributed by atoms with E-state index in [0.29, 0.717) is 5.56 Å². The molecule has 0 aliphatic rings. The lowest BCUT2D eigenvalue weighted by atomic mass is 10.2. The van der Waals surface area contributed by atoms with Crippen LogP contribution >= 0.6 is 11.8 Å². The number of hydrogen-bond donors (Lipinski definition) is 1. The van der Waals surface area contributed by atoms with Crippen LogP contribution in [0.5, 0.6) is 0 Å². The Hall–Kier alpha value is -2.67. The van der Waals surface area contributed by atoms with Gasteiger partial charge in [-0.25, -0.2) is 5.43 Å². The molecule has 0 fully saturated rings. The minimum atomic E-state index is -0.489. The Morgan fingerprint density at radius 2 is 1.87 bits per heavy atom. The molecule has 0 unspecified atom stereocenters. The lowest BCUT2D eigenvalue weighted by Gasteiger charge is -2.08. The molecule has 0 heterocycles. The molecule has 7 heteroatoms. The minimum absolute atomic E-state index is 0.0581. The van der Waals surface area contributed by atoms with E-state index in [9.17, 15) is 14.9 Å². The number of hydrazone groups is 1. The Kier molecular flexibility index (Phi) is 5.87. The molecule has 0 aromatic heterocycles.